The van der Waals surface area contributed by atoms with E-state index in [9.17, 15) is 14.5 Å². The Bertz CT molecular complexity index is 1350. The van der Waals surface area contributed by atoms with E-state index in [1.54, 1.807) is 37.3 Å². The minimum absolute atomic E-state index is 0.194. The molecular weight excluding hydrogens is 549 g/mol. The van der Waals surface area contributed by atoms with Crippen LogP contribution in [0.2, 0.25) is 0 Å². The van der Waals surface area contributed by atoms with Crippen molar-refractivity contribution in [2.24, 2.45) is 0 Å². The quantitative estimate of drug-likeness (QED) is 0.135. The molecule has 3 aromatic carbocycles. The van der Waals surface area contributed by atoms with Gasteiger partial charge in [-0.1, -0.05) is 58.0 Å². The molecule has 0 saturated heterocycles. The summed E-state index contributed by atoms with van der Waals surface area (Å²) >= 11 is 0. The van der Waals surface area contributed by atoms with Crippen LogP contribution >= 0.6 is 7.52 Å². The molecule has 3 aromatic rings. The van der Waals surface area contributed by atoms with E-state index < -0.39 is 19.5 Å². The molecular formula is C34H46NO6P. The predicted octanol–water partition coefficient (Wildman–Crippen LogP) is 8.43. The molecule has 42 heavy (non-hydrogen) atoms. The van der Waals surface area contributed by atoms with Gasteiger partial charge >= 0.3 is 13.5 Å². The number of benzene rings is 3. The van der Waals surface area contributed by atoms with Crippen molar-refractivity contribution in [3.05, 3.63) is 88.5 Å². The number of aryl methyl sites for hydroxylation is 2. The molecule has 0 amide bonds. The maximum absolute atomic E-state index is 14.0. The number of hydrogen-bond acceptors (Lipinski definition) is 6. The van der Waals surface area contributed by atoms with Crippen LogP contribution < -0.4 is 14.3 Å². The van der Waals surface area contributed by atoms with Gasteiger partial charge in [0.2, 0.25) is 0 Å². The third kappa shape index (κ3) is 9.11. The number of aromatic hydroxyl groups is 1. The summed E-state index contributed by atoms with van der Waals surface area (Å²) in [4.78, 5) is 12.7. The zero-order valence-electron chi connectivity index (χ0n) is 26.0. The third-order valence-corrected chi connectivity index (χ3v) is 9.38. The van der Waals surface area contributed by atoms with Crippen molar-refractivity contribution in [1.29, 1.82) is 0 Å². The molecule has 0 aliphatic carbocycles. The number of nitrogens with one attached hydrogen (secondary N) is 1. The Morgan fingerprint density at radius 3 is 2.14 bits per heavy atom. The Morgan fingerprint density at radius 1 is 0.905 bits per heavy atom. The normalized spacial score (nSPS) is 14.2. The smallest absolute Gasteiger partial charge is 0.354 e. The van der Waals surface area contributed by atoms with E-state index in [0.29, 0.717) is 30.1 Å². The van der Waals surface area contributed by atoms with Crippen LogP contribution in [-0.2, 0) is 20.5 Å². The minimum Gasteiger partial charge on any atom is -0.508 e. The van der Waals surface area contributed by atoms with Gasteiger partial charge in [-0.05, 0) is 111 Å². The van der Waals surface area contributed by atoms with Gasteiger partial charge in [-0.15, -0.1) is 0 Å². The van der Waals surface area contributed by atoms with Crippen LogP contribution in [0.1, 0.15) is 87.6 Å². The van der Waals surface area contributed by atoms with Gasteiger partial charge < -0.3 is 19.1 Å². The van der Waals surface area contributed by atoms with E-state index in [1.807, 2.05) is 52.0 Å². The molecule has 0 aromatic heterocycles. The largest absolute Gasteiger partial charge is 0.508 e. The first-order valence-corrected chi connectivity index (χ1v) is 16.7. The number of carbonyl (C=O) groups excluding carboxylic acids is 1. The fourth-order valence-corrected chi connectivity index (χ4v) is 6.48. The third-order valence-electron chi connectivity index (χ3n) is 7.62. The second kappa shape index (κ2) is 15.3. The van der Waals surface area contributed by atoms with Crippen LogP contribution in [0.5, 0.6) is 17.2 Å². The van der Waals surface area contributed by atoms with Gasteiger partial charge in [-0.2, -0.15) is 0 Å². The van der Waals surface area contributed by atoms with Crippen molar-refractivity contribution < 1.29 is 28.5 Å². The van der Waals surface area contributed by atoms with Gasteiger partial charge in [0.15, 0.2) is 6.35 Å². The lowest BCUT2D eigenvalue weighted by atomic mass is 9.91. The van der Waals surface area contributed by atoms with Gasteiger partial charge in [-0.25, -0.2) is 5.09 Å². The lowest BCUT2D eigenvalue weighted by molar-refractivity contribution is -0.151. The molecule has 0 fully saturated rings. The van der Waals surface area contributed by atoms with E-state index in [1.165, 1.54) is 5.56 Å². The van der Waals surface area contributed by atoms with Crippen LogP contribution in [0.4, 0.5) is 0 Å². The van der Waals surface area contributed by atoms with Crippen molar-refractivity contribution in [2.75, 3.05) is 6.35 Å². The topological polar surface area (TPSA) is 94.1 Å². The summed E-state index contributed by atoms with van der Waals surface area (Å²) in [6, 6.07) is 17.7. The van der Waals surface area contributed by atoms with E-state index >= 15 is 0 Å². The fourth-order valence-electron chi connectivity index (χ4n) is 4.82. The highest BCUT2D eigenvalue weighted by molar-refractivity contribution is 7.57. The highest BCUT2D eigenvalue weighted by Gasteiger charge is 2.32. The van der Waals surface area contributed by atoms with Crippen molar-refractivity contribution in [3.63, 3.8) is 0 Å². The van der Waals surface area contributed by atoms with Crippen LogP contribution in [0.25, 0.3) is 0 Å². The Hall–Kier alpha value is -3.28. The second-order valence-electron chi connectivity index (χ2n) is 11.0. The van der Waals surface area contributed by atoms with E-state index in [4.69, 9.17) is 14.0 Å². The number of para-hydroxylation sites is 1. The van der Waals surface area contributed by atoms with E-state index in [0.717, 1.165) is 35.1 Å². The van der Waals surface area contributed by atoms with Crippen molar-refractivity contribution >= 4 is 13.5 Å². The molecule has 0 bridgehead atoms. The molecule has 0 saturated carbocycles. The summed E-state index contributed by atoms with van der Waals surface area (Å²) in [5.74, 6) is 1.09. The van der Waals surface area contributed by atoms with Crippen molar-refractivity contribution in [1.82, 2.24) is 5.09 Å². The highest BCUT2D eigenvalue weighted by Crippen LogP contribution is 2.44. The maximum Gasteiger partial charge on any atom is 0.354 e. The van der Waals surface area contributed by atoms with Crippen molar-refractivity contribution in [2.45, 2.75) is 92.2 Å². The average Bonchev–Trinajstić information content (AvgIpc) is 2.97. The number of rotatable bonds is 15. The molecule has 2 unspecified atom stereocenters. The SMILES string of the molecule is CCC(CC)OC(=O)[C@H](C)NP(=O)(COc1cc(C)c(Cc2ccc(O)c(C(C)CC)c2)c(C)c1)Oc1ccccc1. The molecule has 3 atom stereocenters. The van der Waals surface area contributed by atoms with Gasteiger partial charge in [0.25, 0.3) is 0 Å². The van der Waals surface area contributed by atoms with E-state index in [-0.39, 0.29) is 18.4 Å². The molecule has 0 heterocycles. The summed E-state index contributed by atoms with van der Waals surface area (Å²) in [6.45, 7) is 13.8. The zero-order chi connectivity index (χ0) is 30.9. The molecule has 8 heteroatoms. The standard InChI is InChI=1S/C34H46NO6P/c1-8-23(4)32-21-27(16-17-33(32)36)20-31-24(5)18-30(19-25(31)6)39-22-42(38,41-29-14-12-11-13-15-29)35-26(7)34(37)40-28(9-2)10-3/h11-19,21,23,26,28,36H,8-10,20,22H2,1-7H3,(H,35,38)/t23?,26-,42?/m0/s1. The van der Waals surface area contributed by atoms with Crippen molar-refractivity contribution in [3.8, 4) is 17.2 Å². The van der Waals surface area contributed by atoms with Crippen LogP contribution in [0.15, 0.2) is 60.7 Å². The van der Waals surface area contributed by atoms with Gasteiger partial charge in [0, 0.05) is 0 Å². The summed E-state index contributed by atoms with van der Waals surface area (Å²) in [5.41, 5.74) is 5.34. The zero-order valence-corrected chi connectivity index (χ0v) is 26.9. The minimum atomic E-state index is -3.69. The number of carbonyl (C=O) groups is 1. The Labute approximate surface area is 251 Å². The van der Waals surface area contributed by atoms with Gasteiger partial charge in [0.1, 0.15) is 29.4 Å². The van der Waals surface area contributed by atoms with E-state index in [2.05, 4.69) is 25.0 Å². The lowest BCUT2D eigenvalue weighted by Gasteiger charge is -2.25. The van der Waals surface area contributed by atoms with Crippen LogP contribution in [-0.4, -0.2) is 29.6 Å². The fraction of sp³-hybridized carbons (Fsp3) is 0.441. The molecule has 0 radical (unpaired) electrons. The summed E-state index contributed by atoms with van der Waals surface area (Å²) in [7, 11) is -3.69. The van der Waals surface area contributed by atoms with Crippen LogP contribution in [0.3, 0.4) is 0 Å². The Morgan fingerprint density at radius 2 is 1.55 bits per heavy atom. The summed E-state index contributed by atoms with van der Waals surface area (Å²) in [5, 5.41) is 13.2. The first-order chi connectivity index (χ1) is 20.0. The molecule has 7 nitrogen and oxygen atoms in total. The molecule has 0 aliphatic heterocycles. The van der Waals surface area contributed by atoms with Gasteiger partial charge in [-0.3, -0.25) is 9.36 Å². The number of phenolic OH excluding ortho intramolecular Hbond substituents is 1. The Balaban J connectivity index is 1.79. The van der Waals surface area contributed by atoms with Gasteiger partial charge in [0.05, 0.1) is 0 Å². The molecule has 228 valence electrons. The van der Waals surface area contributed by atoms with Crippen LogP contribution in [0, 0.1) is 13.8 Å². The summed E-state index contributed by atoms with van der Waals surface area (Å²) in [6.07, 6.45) is 2.60. The molecule has 2 N–H and O–H groups in total. The molecule has 0 aliphatic rings. The number of ether oxygens (including phenoxy) is 2. The summed E-state index contributed by atoms with van der Waals surface area (Å²) < 4.78 is 31.6. The second-order valence-corrected chi connectivity index (χ2v) is 13.0. The number of phenols is 1. The maximum atomic E-state index is 14.0. The first kappa shape index (κ1) is 33.2. The first-order valence-electron chi connectivity index (χ1n) is 14.8. The number of hydrogen-bond donors (Lipinski definition) is 2. The number of esters is 1. The Kier molecular flexibility index (Phi) is 12.1. The average molecular weight is 596 g/mol. The lowest BCUT2D eigenvalue weighted by Crippen LogP contribution is -2.37. The monoisotopic (exact) mass is 595 g/mol. The molecule has 0 spiro atoms. The highest BCUT2D eigenvalue weighted by atomic mass is 31.2. The molecule has 3 rings (SSSR count). The predicted molar refractivity (Wildman–Crippen MR) is 169 cm³/mol.